The van der Waals surface area contributed by atoms with Gasteiger partial charge in [0, 0.05) is 0 Å². The average Bonchev–Trinajstić information content (AvgIpc) is 2.52. The molecule has 3 nitrogen and oxygen atoms in total. The summed E-state index contributed by atoms with van der Waals surface area (Å²) in [5.41, 5.74) is 2.76. The second-order valence-corrected chi connectivity index (χ2v) is 5.17. The maximum absolute atomic E-state index is 11.4. The second-order valence-electron chi connectivity index (χ2n) is 5.17. The van der Waals surface area contributed by atoms with Crippen LogP contribution in [0, 0.1) is 0 Å². The van der Waals surface area contributed by atoms with Crippen LogP contribution in [0.1, 0.15) is 41.3 Å². The van der Waals surface area contributed by atoms with Gasteiger partial charge in [0.15, 0.2) is 0 Å². The molecule has 0 unspecified atom stereocenters. The van der Waals surface area contributed by atoms with Crippen molar-refractivity contribution in [1.29, 1.82) is 0 Å². The van der Waals surface area contributed by atoms with Crippen molar-refractivity contribution in [3.63, 3.8) is 0 Å². The standard InChI is InChI=1S/C18H20O3/c1-13(2)16-6-4-5-7-17(16)21-12-14-8-10-15(11-9-14)18(19)20-3/h4-11,13H,12H2,1-3H3. The van der Waals surface area contributed by atoms with Crippen LogP contribution < -0.4 is 4.74 Å². The van der Waals surface area contributed by atoms with E-state index >= 15 is 0 Å². The normalized spacial score (nSPS) is 10.5. The van der Waals surface area contributed by atoms with Gasteiger partial charge in [-0.25, -0.2) is 4.79 Å². The van der Waals surface area contributed by atoms with E-state index in [0.29, 0.717) is 18.1 Å². The van der Waals surface area contributed by atoms with Crippen LogP contribution >= 0.6 is 0 Å². The van der Waals surface area contributed by atoms with E-state index in [2.05, 4.69) is 24.7 Å². The summed E-state index contributed by atoms with van der Waals surface area (Å²) in [5.74, 6) is 1.00. The molecule has 0 aliphatic rings. The molecular formula is C18H20O3. The van der Waals surface area contributed by atoms with Crippen molar-refractivity contribution in [2.75, 3.05) is 7.11 Å². The molecule has 0 saturated carbocycles. The molecule has 0 fully saturated rings. The van der Waals surface area contributed by atoms with Gasteiger partial charge in [-0.3, -0.25) is 0 Å². The minimum atomic E-state index is -0.326. The largest absolute Gasteiger partial charge is 0.489 e. The highest BCUT2D eigenvalue weighted by Gasteiger charge is 2.08. The number of para-hydroxylation sites is 1. The first kappa shape index (κ1) is 15.1. The van der Waals surface area contributed by atoms with Crippen LogP contribution in [0.3, 0.4) is 0 Å². The van der Waals surface area contributed by atoms with E-state index in [0.717, 1.165) is 11.3 Å². The summed E-state index contributed by atoms with van der Waals surface area (Å²) in [4.78, 5) is 11.4. The summed E-state index contributed by atoms with van der Waals surface area (Å²) in [7, 11) is 1.38. The predicted octanol–water partition coefficient (Wildman–Crippen LogP) is 4.18. The van der Waals surface area contributed by atoms with Crippen LogP contribution in [0.5, 0.6) is 5.75 Å². The third kappa shape index (κ3) is 3.85. The van der Waals surface area contributed by atoms with Crippen molar-refractivity contribution in [3.05, 3.63) is 65.2 Å². The fourth-order valence-corrected chi connectivity index (χ4v) is 2.10. The fraction of sp³-hybridized carbons (Fsp3) is 0.278. The first-order chi connectivity index (χ1) is 10.1. The van der Waals surface area contributed by atoms with E-state index in [-0.39, 0.29) is 5.97 Å². The monoisotopic (exact) mass is 284 g/mol. The lowest BCUT2D eigenvalue weighted by Crippen LogP contribution is -2.02. The highest BCUT2D eigenvalue weighted by atomic mass is 16.5. The summed E-state index contributed by atoms with van der Waals surface area (Å²) in [6.45, 7) is 4.77. The minimum absolute atomic E-state index is 0.326. The first-order valence-corrected chi connectivity index (χ1v) is 7.00. The topological polar surface area (TPSA) is 35.5 Å². The quantitative estimate of drug-likeness (QED) is 0.773. The lowest BCUT2D eigenvalue weighted by Gasteiger charge is -2.14. The Morgan fingerprint density at radius 1 is 1.05 bits per heavy atom. The molecule has 0 aliphatic heterocycles. The molecule has 0 aliphatic carbocycles. The van der Waals surface area contributed by atoms with Crippen molar-refractivity contribution >= 4 is 5.97 Å². The lowest BCUT2D eigenvalue weighted by atomic mass is 10.0. The zero-order chi connectivity index (χ0) is 15.2. The van der Waals surface area contributed by atoms with Crippen LogP contribution in [0.25, 0.3) is 0 Å². The van der Waals surface area contributed by atoms with Gasteiger partial charge in [0.1, 0.15) is 12.4 Å². The van der Waals surface area contributed by atoms with Crippen LogP contribution in [0.15, 0.2) is 48.5 Å². The van der Waals surface area contributed by atoms with Crippen molar-refractivity contribution in [1.82, 2.24) is 0 Å². The van der Waals surface area contributed by atoms with Crippen molar-refractivity contribution in [3.8, 4) is 5.75 Å². The average molecular weight is 284 g/mol. The number of esters is 1. The van der Waals surface area contributed by atoms with Gasteiger partial charge in [-0.05, 0) is 35.2 Å². The first-order valence-electron chi connectivity index (χ1n) is 7.00. The Labute approximate surface area is 125 Å². The molecular weight excluding hydrogens is 264 g/mol. The number of hydrogen-bond donors (Lipinski definition) is 0. The van der Waals surface area contributed by atoms with E-state index < -0.39 is 0 Å². The molecule has 0 spiro atoms. The van der Waals surface area contributed by atoms with Crippen LogP contribution in [0.2, 0.25) is 0 Å². The third-order valence-electron chi connectivity index (χ3n) is 3.31. The molecule has 110 valence electrons. The summed E-state index contributed by atoms with van der Waals surface area (Å²) >= 11 is 0. The molecule has 0 atom stereocenters. The minimum Gasteiger partial charge on any atom is -0.489 e. The number of carbonyl (C=O) groups excluding carboxylic acids is 1. The van der Waals surface area contributed by atoms with Gasteiger partial charge in [0.2, 0.25) is 0 Å². The molecule has 0 heterocycles. The van der Waals surface area contributed by atoms with E-state index in [1.54, 1.807) is 12.1 Å². The maximum atomic E-state index is 11.4. The van der Waals surface area contributed by atoms with E-state index in [1.807, 2.05) is 30.3 Å². The van der Waals surface area contributed by atoms with Gasteiger partial charge in [-0.1, -0.05) is 44.2 Å². The Hall–Kier alpha value is -2.29. The number of methoxy groups -OCH3 is 1. The molecule has 0 radical (unpaired) electrons. The lowest BCUT2D eigenvalue weighted by molar-refractivity contribution is 0.0600. The van der Waals surface area contributed by atoms with Crippen molar-refractivity contribution in [2.24, 2.45) is 0 Å². The number of ether oxygens (including phenoxy) is 2. The molecule has 21 heavy (non-hydrogen) atoms. The van der Waals surface area contributed by atoms with Crippen LogP contribution in [-0.2, 0) is 11.3 Å². The van der Waals surface area contributed by atoms with Crippen LogP contribution in [0.4, 0.5) is 0 Å². The molecule has 2 aromatic rings. The Bertz CT molecular complexity index is 600. The highest BCUT2D eigenvalue weighted by molar-refractivity contribution is 5.89. The Morgan fingerprint density at radius 3 is 2.33 bits per heavy atom. The zero-order valence-corrected chi connectivity index (χ0v) is 12.6. The number of hydrogen-bond acceptors (Lipinski definition) is 3. The number of carbonyl (C=O) groups is 1. The Balaban J connectivity index is 2.05. The molecule has 3 heteroatoms. The van der Waals surface area contributed by atoms with Gasteiger partial charge in [-0.2, -0.15) is 0 Å². The number of benzene rings is 2. The maximum Gasteiger partial charge on any atom is 0.337 e. The highest BCUT2D eigenvalue weighted by Crippen LogP contribution is 2.26. The van der Waals surface area contributed by atoms with Crippen LogP contribution in [-0.4, -0.2) is 13.1 Å². The molecule has 0 amide bonds. The summed E-state index contributed by atoms with van der Waals surface area (Å²) in [5, 5.41) is 0. The SMILES string of the molecule is COC(=O)c1ccc(COc2ccccc2C(C)C)cc1. The molecule has 0 aromatic heterocycles. The summed E-state index contributed by atoms with van der Waals surface area (Å²) < 4.78 is 10.6. The second kappa shape index (κ2) is 6.93. The van der Waals surface area contributed by atoms with Gasteiger partial charge in [-0.15, -0.1) is 0 Å². The van der Waals surface area contributed by atoms with Gasteiger partial charge in [0.05, 0.1) is 12.7 Å². The van der Waals surface area contributed by atoms with Gasteiger partial charge in [0.25, 0.3) is 0 Å². The predicted molar refractivity (Wildman–Crippen MR) is 82.6 cm³/mol. The third-order valence-corrected chi connectivity index (χ3v) is 3.31. The summed E-state index contributed by atoms with van der Waals surface area (Å²) in [6.07, 6.45) is 0. The zero-order valence-electron chi connectivity index (χ0n) is 12.6. The molecule has 2 aromatic carbocycles. The molecule has 2 rings (SSSR count). The molecule has 0 bridgehead atoms. The Morgan fingerprint density at radius 2 is 1.71 bits per heavy atom. The van der Waals surface area contributed by atoms with Gasteiger partial charge >= 0.3 is 5.97 Å². The van der Waals surface area contributed by atoms with E-state index in [4.69, 9.17) is 4.74 Å². The van der Waals surface area contributed by atoms with Gasteiger partial charge < -0.3 is 9.47 Å². The molecule has 0 N–H and O–H groups in total. The fourth-order valence-electron chi connectivity index (χ4n) is 2.10. The Kier molecular flexibility index (Phi) is 4.99. The van der Waals surface area contributed by atoms with Crippen molar-refractivity contribution in [2.45, 2.75) is 26.4 Å². The smallest absolute Gasteiger partial charge is 0.337 e. The number of rotatable bonds is 5. The molecule has 0 saturated heterocycles. The van der Waals surface area contributed by atoms with Crippen molar-refractivity contribution < 1.29 is 14.3 Å². The van der Waals surface area contributed by atoms with E-state index in [9.17, 15) is 4.79 Å². The van der Waals surface area contributed by atoms with E-state index in [1.165, 1.54) is 12.7 Å². The summed E-state index contributed by atoms with van der Waals surface area (Å²) in [6, 6.07) is 15.3.